The molecule has 2 atom stereocenters. The second kappa shape index (κ2) is 5.36. The molecular formula is C12H16ClFN2O2S. The van der Waals surface area contributed by atoms with Crippen molar-refractivity contribution >= 4 is 22.4 Å². The van der Waals surface area contributed by atoms with Crippen LogP contribution in [0.2, 0.25) is 0 Å². The first-order valence-electron chi connectivity index (χ1n) is 6.07. The van der Waals surface area contributed by atoms with Crippen LogP contribution in [0, 0.1) is 11.7 Å². The molecule has 0 aromatic heterocycles. The van der Waals surface area contributed by atoms with Gasteiger partial charge in [0.2, 0.25) is 10.0 Å². The molecule has 0 aliphatic carbocycles. The summed E-state index contributed by atoms with van der Waals surface area (Å²) in [5, 5.41) is 3.29. The van der Waals surface area contributed by atoms with Gasteiger partial charge in [-0.3, -0.25) is 0 Å². The topological polar surface area (TPSA) is 49.4 Å². The molecule has 2 heterocycles. The molecule has 3 rings (SSSR count). The third kappa shape index (κ3) is 2.50. The van der Waals surface area contributed by atoms with Crippen molar-refractivity contribution in [1.82, 2.24) is 9.62 Å². The molecule has 7 heteroatoms. The van der Waals surface area contributed by atoms with Crippen molar-refractivity contribution in [2.24, 2.45) is 5.92 Å². The standard InChI is InChI=1S/C12H15FN2O2S.ClH/c13-10-3-1-2-4-12(10)18(16,17)15-7-9-5-6-14-11(9)8-15;/h1-4,9,11,14H,5-8H2;1H/t9-,11+;/m0./s1. The van der Waals surface area contributed by atoms with E-state index in [-0.39, 0.29) is 23.3 Å². The average Bonchev–Trinajstić information content (AvgIpc) is 2.89. The summed E-state index contributed by atoms with van der Waals surface area (Å²) >= 11 is 0. The Hall–Kier alpha value is -0.690. The molecule has 0 amide bonds. The molecule has 106 valence electrons. The van der Waals surface area contributed by atoms with Crippen molar-refractivity contribution in [1.29, 1.82) is 0 Å². The molecule has 1 N–H and O–H groups in total. The molecule has 1 aromatic rings. The molecule has 2 fully saturated rings. The van der Waals surface area contributed by atoms with Crippen molar-refractivity contribution in [3.05, 3.63) is 30.1 Å². The van der Waals surface area contributed by atoms with Crippen LogP contribution in [0.1, 0.15) is 6.42 Å². The van der Waals surface area contributed by atoms with Crippen LogP contribution in [-0.4, -0.2) is 38.4 Å². The van der Waals surface area contributed by atoms with E-state index in [1.165, 1.54) is 22.5 Å². The van der Waals surface area contributed by atoms with Gasteiger partial charge in [-0.2, -0.15) is 4.31 Å². The van der Waals surface area contributed by atoms with Gasteiger partial charge in [0.05, 0.1) is 0 Å². The molecule has 2 aliphatic heterocycles. The first kappa shape index (κ1) is 14.7. The van der Waals surface area contributed by atoms with E-state index in [9.17, 15) is 12.8 Å². The number of rotatable bonds is 2. The summed E-state index contributed by atoms with van der Waals surface area (Å²) in [6.07, 6.45) is 0.994. The van der Waals surface area contributed by atoms with Crippen LogP contribution < -0.4 is 5.32 Å². The van der Waals surface area contributed by atoms with E-state index in [4.69, 9.17) is 0 Å². The van der Waals surface area contributed by atoms with Crippen LogP contribution in [0.3, 0.4) is 0 Å². The molecule has 0 unspecified atom stereocenters. The lowest BCUT2D eigenvalue weighted by atomic mass is 10.1. The molecule has 4 nitrogen and oxygen atoms in total. The molecule has 19 heavy (non-hydrogen) atoms. The van der Waals surface area contributed by atoms with Crippen molar-refractivity contribution < 1.29 is 12.8 Å². The molecule has 1 aromatic carbocycles. The fraction of sp³-hybridized carbons (Fsp3) is 0.500. The SMILES string of the molecule is Cl.O=S(=O)(c1ccccc1F)N1C[C@@H]2CCN[C@@H]2C1. The maximum absolute atomic E-state index is 13.6. The van der Waals surface area contributed by atoms with Gasteiger partial charge in [0, 0.05) is 19.1 Å². The predicted octanol–water partition coefficient (Wildman–Crippen LogP) is 1.23. The second-order valence-electron chi connectivity index (χ2n) is 4.86. The van der Waals surface area contributed by atoms with Gasteiger partial charge in [0.1, 0.15) is 10.7 Å². The molecule has 0 radical (unpaired) electrons. The van der Waals surface area contributed by atoms with Gasteiger partial charge in [-0.15, -0.1) is 12.4 Å². The van der Waals surface area contributed by atoms with Crippen molar-refractivity contribution in [3.8, 4) is 0 Å². The molecular weight excluding hydrogens is 291 g/mol. The lowest BCUT2D eigenvalue weighted by Crippen LogP contribution is -2.34. The maximum atomic E-state index is 13.6. The third-order valence-corrected chi connectivity index (χ3v) is 5.65. The Balaban J connectivity index is 0.00000133. The predicted molar refractivity (Wildman–Crippen MR) is 72.3 cm³/mol. The summed E-state index contributed by atoms with van der Waals surface area (Å²) in [4.78, 5) is -0.218. The summed E-state index contributed by atoms with van der Waals surface area (Å²) < 4.78 is 39.7. The van der Waals surface area contributed by atoms with Gasteiger partial charge in [-0.1, -0.05) is 12.1 Å². The zero-order valence-electron chi connectivity index (χ0n) is 10.3. The number of halogens is 2. The monoisotopic (exact) mass is 306 g/mol. The zero-order chi connectivity index (χ0) is 12.8. The Bertz CT molecular complexity index is 555. The zero-order valence-corrected chi connectivity index (χ0v) is 11.9. The summed E-state index contributed by atoms with van der Waals surface area (Å²) in [5.41, 5.74) is 0. The smallest absolute Gasteiger partial charge is 0.246 e. The number of nitrogens with one attached hydrogen (secondary N) is 1. The Labute approximate surface area is 118 Å². The largest absolute Gasteiger partial charge is 0.312 e. The molecule has 2 saturated heterocycles. The highest BCUT2D eigenvalue weighted by Gasteiger charge is 2.41. The van der Waals surface area contributed by atoms with Gasteiger partial charge in [0.25, 0.3) is 0 Å². The normalized spacial score (nSPS) is 27.0. The van der Waals surface area contributed by atoms with Crippen molar-refractivity contribution in [2.75, 3.05) is 19.6 Å². The van der Waals surface area contributed by atoms with E-state index in [0.29, 0.717) is 19.0 Å². The van der Waals surface area contributed by atoms with Crippen LogP contribution in [0.5, 0.6) is 0 Å². The van der Waals surface area contributed by atoms with E-state index in [1.54, 1.807) is 6.07 Å². The number of hydrogen-bond donors (Lipinski definition) is 1. The van der Waals surface area contributed by atoms with Gasteiger partial charge in [-0.05, 0) is 31.0 Å². The summed E-state index contributed by atoms with van der Waals surface area (Å²) in [6, 6.07) is 5.78. The highest BCUT2D eigenvalue weighted by atomic mass is 35.5. The van der Waals surface area contributed by atoms with Gasteiger partial charge in [0.15, 0.2) is 0 Å². The fourth-order valence-corrected chi connectivity index (χ4v) is 4.39. The highest BCUT2D eigenvalue weighted by molar-refractivity contribution is 7.89. The minimum absolute atomic E-state index is 0. The van der Waals surface area contributed by atoms with E-state index in [1.807, 2.05) is 0 Å². The van der Waals surface area contributed by atoms with E-state index in [2.05, 4.69) is 5.32 Å². The summed E-state index contributed by atoms with van der Waals surface area (Å²) in [6.45, 7) is 1.89. The minimum Gasteiger partial charge on any atom is -0.312 e. The molecule has 0 saturated carbocycles. The fourth-order valence-electron chi connectivity index (χ4n) is 2.80. The van der Waals surface area contributed by atoms with Crippen LogP contribution in [0.15, 0.2) is 29.2 Å². The lowest BCUT2D eigenvalue weighted by Gasteiger charge is -2.17. The molecule has 2 aliphatic rings. The Morgan fingerprint density at radius 3 is 2.68 bits per heavy atom. The van der Waals surface area contributed by atoms with Gasteiger partial charge in [-0.25, -0.2) is 12.8 Å². The third-order valence-electron chi connectivity index (χ3n) is 3.78. The van der Waals surface area contributed by atoms with Gasteiger partial charge < -0.3 is 5.32 Å². The van der Waals surface area contributed by atoms with Crippen LogP contribution in [-0.2, 0) is 10.0 Å². The summed E-state index contributed by atoms with van der Waals surface area (Å²) in [7, 11) is -3.69. The molecule has 0 bridgehead atoms. The van der Waals surface area contributed by atoms with Gasteiger partial charge >= 0.3 is 0 Å². The van der Waals surface area contributed by atoms with E-state index in [0.717, 1.165) is 13.0 Å². The number of fused-ring (bicyclic) bond motifs is 1. The summed E-state index contributed by atoms with van der Waals surface area (Å²) in [5.74, 6) is -0.311. The van der Waals surface area contributed by atoms with E-state index < -0.39 is 15.8 Å². The van der Waals surface area contributed by atoms with Crippen LogP contribution >= 0.6 is 12.4 Å². The Morgan fingerprint density at radius 1 is 1.26 bits per heavy atom. The van der Waals surface area contributed by atoms with Crippen molar-refractivity contribution in [2.45, 2.75) is 17.4 Å². The quantitative estimate of drug-likeness (QED) is 0.894. The number of hydrogen-bond acceptors (Lipinski definition) is 3. The van der Waals surface area contributed by atoms with Crippen molar-refractivity contribution in [3.63, 3.8) is 0 Å². The minimum atomic E-state index is -3.69. The first-order valence-corrected chi connectivity index (χ1v) is 7.51. The lowest BCUT2D eigenvalue weighted by molar-refractivity contribution is 0.443. The van der Waals surface area contributed by atoms with Crippen LogP contribution in [0.4, 0.5) is 4.39 Å². The number of benzene rings is 1. The Morgan fingerprint density at radius 2 is 2.00 bits per heavy atom. The highest BCUT2D eigenvalue weighted by Crippen LogP contribution is 2.29. The van der Waals surface area contributed by atoms with E-state index >= 15 is 0 Å². The first-order chi connectivity index (χ1) is 8.59. The molecule has 0 spiro atoms. The second-order valence-corrected chi connectivity index (χ2v) is 6.77. The van der Waals surface area contributed by atoms with Crippen LogP contribution in [0.25, 0.3) is 0 Å². The maximum Gasteiger partial charge on any atom is 0.246 e. The number of sulfonamides is 1. The Kier molecular flexibility index (Phi) is 4.15. The number of nitrogens with zero attached hydrogens (tertiary/aromatic N) is 1. The average molecular weight is 307 g/mol.